The number of hydrogen-bond acceptors (Lipinski definition) is 4. The Labute approximate surface area is 164 Å². The summed E-state index contributed by atoms with van der Waals surface area (Å²) in [5, 5.41) is 0. The number of para-hydroxylation sites is 2. The van der Waals surface area contributed by atoms with E-state index in [2.05, 4.69) is 30.8 Å². The first-order valence-corrected chi connectivity index (χ1v) is 9.73. The molecule has 7 nitrogen and oxygen atoms in total. The van der Waals surface area contributed by atoms with Gasteiger partial charge in [0.05, 0.1) is 11.0 Å². The molecule has 1 amide bonds. The number of imidazole rings is 1. The predicted octanol–water partition coefficient (Wildman–Crippen LogP) is 2.23. The van der Waals surface area contributed by atoms with Crippen molar-refractivity contribution in [1.29, 1.82) is 0 Å². The maximum absolute atomic E-state index is 12.7. The predicted molar refractivity (Wildman–Crippen MR) is 108 cm³/mol. The van der Waals surface area contributed by atoms with Gasteiger partial charge in [-0.25, -0.2) is 4.98 Å². The number of nitrogens with one attached hydrogen (secondary N) is 1. The van der Waals surface area contributed by atoms with E-state index in [9.17, 15) is 9.59 Å². The maximum Gasteiger partial charge on any atom is 0.251 e. The zero-order valence-corrected chi connectivity index (χ0v) is 16.4. The van der Waals surface area contributed by atoms with E-state index in [1.54, 1.807) is 12.3 Å². The van der Waals surface area contributed by atoms with Crippen LogP contribution in [0.15, 0.2) is 51.9 Å². The van der Waals surface area contributed by atoms with Gasteiger partial charge < -0.3 is 19.4 Å². The van der Waals surface area contributed by atoms with Crippen molar-refractivity contribution in [2.75, 3.05) is 31.1 Å². The molecule has 0 saturated carbocycles. The lowest BCUT2D eigenvalue weighted by molar-refractivity contribution is -0.131. The molecule has 0 bridgehead atoms. The molecule has 0 unspecified atom stereocenters. The summed E-state index contributed by atoms with van der Waals surface area (Å²) < 4.78 is 2.22. The Hall–Kier alpha value is -2.61. The minimum atomic E-state index is -0.176. The second-order valence-electron chi connectivity index (χ2n) is 6.61. The maximum atomic E-state index is 12.7. The van der Waals surface area contributed by atoms with Gasteiger partial charge >= 0.3 is 0 Å². The van der Waals surface area contributed by atoms with Crippen LogP contribution in [0.4, 0.5) is 5.95 Å². The van der Waals surface area contributed by atoms with Gasteiger partial charge in [-0.2, -0.15) is 0 Å². The molecular formula is C19H20BrN5O2. The van der Waals surface area contributed by atoms with Gasteiger partial charge in [-0.1, -0.05) is 12.1 Å². The third kappa shape index (κ3) is 3.90. The number of anilines is 1. The molecule has 140 valence electrons. The second kappa shape index (κ2) is 7.56. The van der Waals surface area contributed by atoms with E-state index in [4.69, 9.17) is 0 Å². The Balaban J connectivity index is 1.44. The lowest BCUT2D eigenvalue weighted by Crippen LogP contribution is -2.39. The number of fused-ring (bicyclic) bond motifs is 1. The average Bonchev–Trinajstić information content (AvgIpc) is 2.93. The van der Waals surface area contributed by atoms with E-state index in [0.29, 0.717) is 19.6 Å². The largest absolute Gasteiger partial charge is 0.341 e. The quantitative estimate of drug-likeness (QED) is 0.692. The number of hydrogen-bond donors (Lipinski definition) is 1. The molecular weight excluding hydrogens is 410 g/mol. The number of pyridine rings is 1. The lowest BCUT2D eigenvalue weighted by Gasteiger charge is -2.22. The number of aromatic amines is 1. The number of carbonyl (C=O) groups excluding carboxylic acids is 1. The molecule has 0 atom stereocenters. The number of carbonyl (C=O) groups is 1. The molecule has 3 aromatic rings. The van der Waals surface area contributed by atoms with Crippen LogP contribution >= 0.6 is 15.9 Å². The highest BCUT2D eigenvalue weighted by Crippen LogP contribution is 2.18. The van der Waals surface area contributed by atoms with Crippen molar-refractivity contribution >= 4 is 38.8 Å². The number of aromatic nitrogens is 3. The van der Waals surface area contributed by atoms with Gasteiger partial charge in [0.15, 0.2) is 0 Å². The van der Waals surface area contributed by atoms with Gasteiger partial charge in [0, 0.05) is 42.9 Å². The molecule has 1 N–H and O–H groups in total. The summed E-state index contributed by atoms with van der Waals surface area (Å²) in [6.07, 6.45) is 2.51. The standard InChI is InChI=1S/C19H20BrN5O2/c20-14-6-7-17(26)25(12-14)13-18(27)23-8-3-9-24(11-10-23)19-21-15-4-1-2-5-16(15)22-19/h1-2,4-7,12H,3,8-11,13H2,(H,21,22). The van der Waals surface area contributed by atoms with Gasteiger partial charge in [-0.3, -0.25) is 9.59 Å². The van der Waals surface area contributed by atoms with E-state index in [0.717, 1.165) is 34.4 Å². The molecule has 2 aromatic heterocycles. The van der Waals surface area contributed by atoms with Crippen LogP contribution in [-0.2, 0) is 11.3 Å². The van der Waals surface area contributed by atoms with Crippen LogP contribution < -0.4 is 10.5 Å². The van der Waals surface area contributed by atoms with Gasteiger partial charge in [0.25, 0.3) is 5.56 Å². The zero-order valence-electron chi connectivity index (χ0n) is 14.8. The van der Waals surface area contributed by atoms with E-state index in [1.807, 2.05) is 29.2 Å². The number of nitrogens with zero attached hydrogens (tertiary/aromatic N) is 4. The fourth-order valence-electron chi connectivity index (χ4n) is 3.34. The van der Waals surface area contributed by atoms with Gasteiger partial charge in [-0.15, -0.1) is 0 Å². The summed E-state index contributed by atoms with van der Waals surface area (Å²) in [5.41, 5.74) is 1.78. The van der Waals surface area contributed by atoms with E-state index in [1.165, 1.54) is 10.6 Å². The number of benzene rings is 1. The second-order valence-corrected chi connectivity index (χ2v) is 7.53. The molecule has 1 aliphatic heterocycles. The van der Waals surface area contributed by atoms with E-state index in [-0.39, 0.29) is 18.0 Å². The van der Waals surface area contributed by atoms with Crippen LogP contribution in [0.2, 0.25) is 0 Å². The zero-order chi connectivity index (χ0) is 18.8. The number of rotatable bonds is 3. The minimum absolute atomic E-state index is 0.0401. The topological polar surface area (TPSA) is 74.2 Å². The van der Waals surface area contributed by atoms with Crippen LogP contribution in [0.3, 0.4) is 0 Å². The van der Waals surface area contributed by atoms with Crippen LogP contribution in [0.5, 0.6) is 0 Å². The fraction of sp³-hybridized carbons (Fsp3) is 0.316. The fourth-order valence-corrected chi connectivity index (χ4v) is 3.72. The molecule has 1 saturated heterocycles. The van der Waals surface area contributed by atoms with Crippen LogP contribution in [0.1, 0.15) is 6.42 Å². The molecule has 1 aliphatic rings. The molecule has 1 aromatic carbocycles. The molecule has 0 aliphatic carbocycles. The van der Waals surface area contributed by atoms with E-state index >= 15 is 0 Å². The SMILES string of the molecule is O=C(Cn1cc(Br)ccc1=O)N1CCCN(c2nc3ccccc3[nH]2)CC1. The normalized spacial score (nSPS) is 15.1. The first-order valence-electron chi connectivity index (χ1n) is 8.93. The highest BCUT2D eigenvalue weighted by atomic mass is 79.9. The molecule has 3 heterocycles. The summed E-state index contributed by atoms with van der Waals surface area (Å²) in [6, 6.07) is 11.1. The van der Waals surface area contributed by atoms with Crippen molar-refractivity contribution in [2.45, 2.75) is 13.0 Å². The monoisotopic (exact) mass is 429 g/mol. The Morgan fingerprint density at radius 3 is 2.81 bits per heavy atom. The molecule has 0 spiro atoms. The third-order valence-electron chi connectivity index (χ3n) is 4.78. The highest BCUT2D eigenvalue weighted by molar-refractivity contribution is 9.10. The van der Waals surface area contributed by atoms with Crippen molar-refractivity contribution in [3.05, 3.63) is 57.4 Å². The Bertz CT molecular complexity index is 995. The summed E-state index contributed by atoms with van der Waals surface area (Å²) in [7, 11) is 0. The summed E-state index contributed by atoms with van der Waals surface area (Å²) in [5.74, 6) is 0.801. The first kappa shape index (κ1) is 17.8. The van der Waals surface area contributed by atoms with Crippen molar-refractivity contribution in [3.63, 3.8) is 0 Å². The Kier molecular flexibility index (Phi) is 4.98. The summed E-state index contributed by atoms with van der Waals surface area (Å²) in [4.78, 5) is 36.6. The third-order valence-corrected chi connectivity index (χ3v) is 5.25. The average molecular weight is 430 g/mol. The molecule has 8 heteroatoms. The highest BCUT2D eigenvalue weighted by Gasteiger charge is 2.21. The van der Waals surface area contributed by atoms with Crippen molar-refractivity contribution in [1.82, 2.24) is 19.4 Å². The Morgan fingerprint density at radius 2 is 1.96 bits per heavy atom. The molecule has 1 fully saturated rings. The van der Waals surface area contributed by atoms with Crippen LogP contribution in [-0.4, -0.2) is 51.5 Å². The molecule has 0 radical (unpaired) electrons. The first-order chi connectivity index (χ1) is 13.1. The smallest absolute Gasteiger partial charge is 0.251 e. The van der Waals surface area contributed by atoms with Crippen LogP contribution in [0.25, 0.3) is 11.0 Å². The number of amides is 1. The van der Waals surface area contributed by atoms with Crippen molar-refractivity contribution in [2.24, 2.45) is 0 Å². The lowest BCUT2D eigenvalue weighted by atomic mass is 10.3. The van der Waals surface area contributed by atoms with Crippen molar-refractivity contribution in [3.8, 4) is 0 Å². The molecule has 4 rings (SSSR count). The Morgan fingerprint density at radius 1 is 1.11 bits per heavy atom. The number of halogens is 1. The minimum Gasteiger partial charge on any atom is -0.341 e. The van der Waals surface area contributed by atoms with Crippen molar-refractivity contribution < 1.29 is 4.79 Å². The van der Waals surface area contributed by atoms with Gasteiger partial charge in [-0.05, 0) is 40.5 Å². The van der Waals surface area contributed by atoms with Gasteiger partial charge in [0.2, 0.25) is 11.9 Å². The number of H-pyrrole nitrogens is 1. The summed E-state index contributed by atoms with van der Waals surface area (Å²) >= 11 is 3.34. The molecule has 27 heavy (non-hydrogen) atoms. The van der Waals surface area contributed by atoms with E-state index < -0.39 is 0 Å². The van der Waals surface area contributed by atoms with Gasteiger partial charge in [0.1, 0.15) is 6.54 Å². The summed E-state index contributed by atoms with van der Waals surface area (Å²) in [6.45, 7) is 2.89. The van der Waals surface area contributed by atoms with Crippen LogP contribution in [0, 0.1) is 0 Å².